The summed E-state index contributed by atoms with van der Waals surface area (Å²) in [5.41, 5.74) is 2.97. The molecule has 1 aromatic heterocycles. The molecule has 0 aliphatic rings. The zero-order valence-electron chi connectivity index (χ0n) is 11.9. The predicted octanol–water partition coefficient (Wildman–Crippen LogP) is 2.37. The van der Waals surface area contributed by atoms with Crippen molar-refractivity contribution in [3.05, 3.63) is 47.8 Å². The Kier molecular flexibility index (Phi) is 4.61. The second-order valence-electron chi connectivity index (χ2n) is 4.50. The number of benzene rings is 1. The number of carbonyl (C=O) groups excluding carboxylic acids is 2. The van der Waals surface area contributed by atoms with Crippen LogP contribution in [0.15, 0.2) is 36.4 Å². The lowest BCUT2D eigenvalue weighted by atomic mass is 10.2. The standard InChI is InChI=1S/C15H17N3O3/c1-10(19)17-12-5-3-11(4-6-12)16-9-13-7-8-14(18-13)15(20)21-2/h3-8,16,18H,9H2,1-2H3,(H,17,19). The molecule has 1 amide bonds. The number of aromatic amines is 1. The molecule has 0 bridgehead atoms. The molecule has 110 valence electrons. The van der Waals surface area contributed by atoms with Crippen molar-refractivity contribution in [3.63, 3.8) is 0 Å². The van der Waals surface area contributed by atoms with Crippen LogP contribution in [0.2, 0.25) is 0 Å². The summed E-state index contributed by atoms with van der Waals surface area (Å²) in [7, 11) is 1.34. The first kappa shape index (κ1) is 14.6. The summed E-state index contributed by atoms with van der Waals surface area (Å²) in [6.45, 7) is 2.02. The third kappa shape index (κ3) is 4.10. The lowest BCUT2D eigenvalue weighted by molar-refractivity contribution is -0.114. The Labute approximate surface area is 122 Å². The number of aromatic nitrogens is 1. The Morgan fingerprint density at radius 1 is 1.10 bits per heavy atom. The first-order valence-electron chi connectivity index (χ1n) is 6.46. The number of hydrogen-bond acceptors (Lipinski definition) is 4. The maximum Gasteiger partial charge on any atom is 0.354 e. The van der Waals surface area contributed by atoms with E-state index < -0.39 is 0 Å². The van der Waals surface area contributed by atoms with Gasteiger partial charge < -0.3 is 20.4 Å². The van der Waals surface area contributed by atoms with E-state index in [9.17, 15) is 9.59 Å². The van der Waals surface area contributed by atoms with Crippen LogP contribution >= 0.6 is 0 Å². The van der Waals surface area contributed by atoms with Gasteiger partial charge >= 0.3 is 5.97 Å². The highest BCUT2D eigenvalue weighted by Crippen LogP contribution is 2.14. The lowest BCUT2D eigenvalue weighted by Gasteiger charge is -2.07. The van der Waals surface area contributed by atoms with Gasteiger partial charge in [0.1, 0.15) is 5.69 Å². The van der Waals surface area contributed by atoms with Crippen LogP contribution in [0.4, 0.5) is 11.4 Å². The van der Waals surface area contributed by atoms with E-state index in [0.29, 0.717) is 12.2 Å². The fourth-order valence-electron chi connectivity index (χ4n) is 1.84. The normalized spacial score (nSPS) is 10.0. The molecule has 21 heavy (non-hydrogen) atoms. The third-order valence-corrected chi connectivity index (χ3v) is 2.84. The average Bonchev–Trinajstić information content (AvgIpc) is 2.94. The zero-order valence-corrected chi connectivity index (χ0v) is 11.9. The van der Waals surface area contributed by atoms with Gasteiger partial charge in [0.15, 0.2) is 0 Å². The highest BCUT2D eigenvalue weighted by atomic mass is 16.5. The third-order valence-electron chi connectivity index (χ3n) is 2.84. The van der Waals surface area contributed by atoms with Gasteiger partial charge in [0.05, 0.1) is 13.7 Å². The van der Waals surface area contributed by atoms with E-state index in [4.69, 9.17) is 0 Å². The van der Waals surface area contributed by atoms with Crippen molar-refractivity contribution >= 4 is 23.3 Å². The van der Waals surface area contributed by atoms with Crippen LogP contribution in [0.1, 0.15) is 23.1 Å². The number of ether oxygens (including phenoxy) is 1. The van der Waals surface area contributed by atoms with Gasteiger partial charge in [-0.25, -0.2) is 4.79 Å². The molecule has 2 rings (SSSR count). The van der Waals surface area contributed by atoms with Crippen molar-refractivity contribution in [1.82, 2.24) is 4.98 Å². The number of rotatable bonds is 5. The molecule has 0 aliphatic heterocycles. The molecule has 0 fully saturated rings. The lowest BCUT2D eigenvalue weighted by Crippen LogP contribution is -2.06. The Morgan fingerprint density at radius 3 is 2.38 bits per heavy atom. The molecule has 0 spiro atoms. The van der Waals surface area contributed by atoms with Gasteiger partial charge in [-0.15, -0.1) is 0 Å². The minimum absolute atomic E-state index is 0.0996. The summed E-state index contributed by atoms with van der Waals surface area (Å²) >= 11 is 0. The van der Waals surface area contributed by atoms with Gasteiger partial charge in [-0.3, -0.25) is 4.79 Å². The summed E-state index contributed by atoms with van der Waals surface area (Å²) in [6.07, 6.45) is 0. The topological polar surface area (TPSA) is 83.2 Å². The van der Waals surface area contributed by atoms with Crippen LogP contribution in [0.5, 0.6) is 0 Å². The molecule has 0 radical (unpaired) electrons. The fraction of sp³-hybridized carbons (Fsp3) is 0.200. The number of methoxy groups -OCH3 is 1. The van der Waals surface area contributed by atoms with Crippen LogP contribution in [-0.4, -0.2) is 24.0 Å². The van der Waals surface area contributed by atoms with Gasteiger partial charge in [0, 0.05) is 24.0 Å². The predicted molar refractivity (Wildman–Crippen MR) is 80.2 cm³/mol. The van der Waals surface area contributed by atoms with E-state index in [1.807, 2.05) is 30.3 Å². The van der Waals surface area contributed by atoms with E-state index in [1.165, 1.54) is 14.0 Å². The monoisotopic (exact) mass is 287 g/mol. The van der Waals surface area contributed by atoms with E-state index in [2.05, 4.69) is 20.4 Å². The Morgan fingerprint density at radius 2 is 1.76 bits per heavy atom. The molecule has 0 aliphatic carbocycles. The maximum atomic E-state index is 11.3. The molecule has 1 heterocycles. The van der Waals surface area contributed by atoms with Crippen molar-refractivity contribution in [2.75, 3.05) is 17.7 Å². The second kappa shape index (κ2) is 6.60. The molecule has 2 aromatic rings. The summed E-state index contributed by atoms with van der Waals surface area (Å²) in [5.74, 6) is -0.488. The van der Waals surface area contributed by atoms with E-state index >= 15 is 0 Å². The summed E-state index contributed by atoms with van der Waals surface area (Å²) in [4.78, 5) is 25.2. The highest BCUT2D eigenvalue weighted by molar-refractivity contribution is 5.88. The van der Waals surface area contributed by atoms with Crippen molar-refractivity contribution in [2.45, 2.75) is 13.5 Å². The Balaban J connectivity index is 1.92. The molecular formula is C15H17N3O3. The van der Waals surface area contributed by atoms with E-state index in [0.717, 1.165) is 17.1 Å². The number of hydrogen-bond donors (Lipinski definition) is 3. The quantitative estimate of drug-likeness (QED) is 0.737. The van der Waals surface area contributed by atoms with Crippen LogP contribution in [0, 0.1) is 0 Å². The van der Waals surface area contributed by atoms with Gasteiger partial charge in [-0.2, -0.15) is 0 Å². The summed E-state index contributed by atoms with van der Waals surface area (Å²) in [6, 6.07) is 10.9. The minimum Gasteiger partial charge on any atom is -0.464 e. The molecule has 0 saturated heterocycles. The Hall–Kier alpha value is -2.76. The van der Waals surface area contributed by atoms with Gasteiger partial charge in [-0.05, 0) is 36.4 Å². The molecule has 0 atom stereocenters. The molecule has 0 unspecified atom stereocenters. The van der Waals surface area contributed by atoms with Gasteiger partial charge in [0.25, 0.3) is 0 Å². The van der Waals surface area contributed by atoms with Crippen molar-refractivity contribution in [3.8, 4) is 0 Å². The minimum atomic E-state index is -0.388. The zero-order chi connectivity index (χ0) is 15.2. The molecular weight excluding hydrogens is 270 g/mol. The molecule has 1 aromatic carbocycles. The van der Waals surface area contributed by atoms with Crippen LogP contribution in [-0.2, 0) is 16.1 Å². The van der Waals surface area contributed by atoms with Crippen molar-refractivity contribution < 1.29 is 14.3 Å². The van der Waals surface area contributed by atoms with E-state index in [1.54, 1.807) is 6.07 Å². The van der Waals surface area contributed by atoms with E-state index in [-0.39, 0.29) is 11.9 Å². The second-order valence-corrected chi connectivity index (χ2v) is 4.50. The SMILES string of the molecule is COC(=O)c1ccc(CNc2ccc(NC(C)=O)cc2)[nH]1. The Bertz CT molecular complexity index is 632. The summed E-state index contributed by atoms with van der Waals surface area (Å²) in [5, 5.41) is 5.92. The number of amides is 1. The smallest absolute Gasteiger partial charge is 0.354 e. The first-order valence-corrected chi connectivity index (χ1v) is 6.46. The molecule has 6 nitrogen and oxygen atoms in total. The van der Waals surface area contributed by atoms with Gasteiger partial charge in [0.2, 0.25) is 5.91 Å². The largest absolute Gasteiger partial charge is 0.464 e. The summed E-state index contributed by atoms with van der Waals surface area (Å²) < 4.78 is 4.63. The van der Waals surface area contributed by atoms with Crippen LogP contribution in [0.25, 0.3) is 0 Å². The number of esters is 1. The molecule has 3 N–H and O–H groups in total. The van der Waals surface area contributed by atoms with Crippen molar-refractivity contribution in [1.29, 1.82) is 0 Å². The number of H-pyrrole nitrogens is 1. The van der Waals surface area contributed by atoms with Crippen LogP contribution < -0.4 is 10.6 Å². The highest BCUT2D eigenvalue weighted by Gasteiger charge is 2.07. The molecule has 6 heteroatoms. The molecule has 0 saturated carbocycles. The van der Waals surface area contributed by atoms with Crippen LogP contribution in [0.3, 0.4) is 0 Å². The fourth-order valence-corrected chi connectivity index (χ4v) is 1.84. The number of carbonyl (C=O) groups is 2. The number of nitrogens with one attached hydrogen (secondary N) is 3. The maximum absolute atomic E-state index is 11.3. The number of anilines is 2. The van der Waals surface area contributed by atoms with Crippen molar-refractivity contribution in [2.24, 2.45) is 0 Å². The first-order chi connectivity index (χ1) is 10.1. The average molecular weight is 287 g/mol. The van der Waals surface area contributed by atoms with Gasteiger partial charge in [-0.1, -0.05) is 0 Å².